The molecule has 2 aromatic rings. The number of benzene rings is 1. The summed E-state index contributed by atoms with van der Waals surface area (Å²) in [6, 6.07) is 12.4. The molecule has 1 aliphatic carbocycles. The molecule has 3 heteroatoms. The van der Waals surface area contributed by atoms with Crippen molar-refractivity contribution in [2.24, 2.45) is 11.7 Å². The van der Waals surface area contributed by atoms with Gasteiger partial charge in [-0.3, -0.25) is 0 Å². The third kappa shape index (κ3) is 2.05. The van der Waals surface area contributed by atoms with E-state index in [1.807, 2.05) is 12.1 Å². The molecule has 0 amide bonds. The zero-order valence-electron chi connectivity index (χ0n) is 9.34. The summed E-state index contributed by atoms with van der Waals surface area (Å²) < 4.78 is 6.42. The summed E-state index contributed by atoms with van der Waals surface area (Å²) in [7, 11) is 0. The molecular weight excluding hydrogens is 278 g/mol. The fraction of sp³-hybridized carbons (Fsp3) is 0.286. The highest BCUT2D eigenvalue weighted by molar-refractivity contribution is 9.10. The van der Waals surface area contributed by atoms with Crippen molar-refractivity contribution in [1.29, 1.82) is 0 Å². The van der Waals surface area contributed by atoms with Crippen LogP contribution in [0.15, 0.2) is 51.6 Å². The SMILES string of the molecule is NC(c1occc1Br)C1CC1c1ccccc1. The van der Waals surface area contributed by atoms with Gasteiger partial charge in [0, 0.05) is 0 Å². The molecule has 2 N–H and O–H groups in total. The van der Waals surface area contributed by atoms with Gasteiger partial charge in [0.1, 0.15) is 5.76 Å². The summed E-state index contributed by atoms with van der Waals surface area (Å²) in [5.41, 5.74) is 7.63. The molecule has 0 bridgehead atoms. The van der Waals surface area contributed by atoms with Crippen molar-refractivity contribution in [3.8, 4) is 0 Å². The first-order valence-corrected chi connectivity index (χ1v) is 6.60. The molecule has 0 aliphatic heterocycles. The smallest absolute Gasteiger partial charge is 0.134 e. The highest BCUT2D eigenvalue weighted by atomic mass is 79.9. The Bertz CT molecular complexity index is 508. The number of nitrogens with two attached hydrogens (primary N) is 1. The monoisotopic (exact) mass is 291 g/mol. The second-order valence-corrected chi connectivity index (χ2v) is 5.43. The van der Waals surface area contributed by atoms with Gasteiger partial charge >= 0.3 is 0 Å². The Morgan fingerprint density at radius 1 is 1.24 bits per heavy atom. The molecule has 3 rings (SSSR count). The number of hydrogen-bond donors (Lipinski definition) is 1. The first kappa shape index (κ1) is 11.1. The highest BCUT2D eigenvalue weighted by Crippen LogP contribution is 2.53. The first-order chi connectivity index (χ1) is 8.27. The van der Waals surface area contributed by atoms with E-state index in [4.69, 9.17) is 10.2 Å². The number of halogens is 1. The lowest BCUT2D eigenvalue weighted by atomic mass is 10.0. The summed E-state index contributed by atoms with van der Waals surface area (Å²) in [6.07, 6.45) is 2.83. The molecule has 88 valence electrons. The zero-order valence-corrected chi connectivity index (χ0v) is 10.9. The molecule has 1 saturated carbocycles. The Morgan fingerprint density at radius 3 is 2.65 bits per heavy atom. The average Bonchev–Trinajstić information content (AvgIpc) is 3.05. The summed E-state index contributed by atoms with van der Waals surface area (Å²) in [6.45, 7) is 0. The Kier molecular flexibility index (Phi) is 2.81. The minimum absolute atomic E-state index is 0.00965. The number of furan rings is 1. The molecule has 1 aromatic carbocycles. The van der Waals surface area contributed by atoms with Crippen LogP contribution in [0.3, 0.4) is 0 Å². The molecule has 0 spiro atoms. The van der Waals surface area contributed by atoms with Crippen molar-refractivity contribution in [3.63, 3.8) is 0 Å². The molecule has 1 heterocycles. The molecule has 3 atom stereocenters. The van der Waals surface area contributed by atoms with E-state index in [1.54, 1.807) is 6.26 Å². The van der Waals surface area contributed by atoms with E-state index in [9.17, 15) is 0 Å². The lowest BCUT2D eigenvalue weighted by molar-refractivity contribution is 0.436. The van der Waals surface area contributed by atoms with Crippen molar-refractivity contribution in [3.05, 3.63) is 58.5 Å². The topological polar surface area (TPSA) is 39.2 Å². The van der Waals surface area contributed by atoms with Crippen LogP contribution in [0.2, 0.25) is 0 Å². The summed E-state index contributed by atoms with van der Waals surface area (Å²) in [5.74, 6) is 1.96. The van der Waals surface area contributed by atoms with Gasteiger partial charge in [-0.05, 0) is 45.8 Å². The Balaban J connectivity index is 1.75. The number of rotatable bonds is 3. The van der Waals surface area contributed by atoms with Gasteiger partial charge in [0.2, 0.25) is 0 Å². The van der Waals surface area contributed by atoms with Gasteiger partial charge in [0.05, 0.1) is 16.8 Å². The first-order valence-electron chi connectivity index (χ1n) is 5.81. The van der Waals surface area contributed by atoms with Crippen LogP contribution in [-0.2, 0) is 0 Å². The largest absolute Gasteiger partial charge is 0.466 e. The van der Waals surface area contributed by atoms with Crippen molar-refractivity contribution in [1.82, 2.24) is 0 Å². The third-order valence-corrected chi connectivity index (χ3v) is 4.13. The molecule has 3 unspecified atom stereocenters. The molecule has 17 heavy (non-hydrogen) atoms. The molecule has 0 radical (unpaired) electrons. The second kappa shape index (κ2) is 4.31. The van der Waals surface area contributed by atoms with Crippen LogP contribution in [-0.4, -0.2) is 0 Å². The van der Waals surface area contributed by atoms with Crippen molar-refractivity contribution < 1.29 is 4.42 Å². The van der Waals surface area contributed by atoms with Crippen molar-refractivity contribution in [2.75, 3.05) is 0 Å². The minimum atomic E-state index is -0.00965. The summed E-state index contributed by atoms with van der Waals surface area (Å²) >= 11 is 3.47. The molecule has 1 aliphatic rings. The lowest BCUT2D eigenvalue weighted by Crippen LogP contribution is -2.13. The summed E-state index contributed by atoms with van der Waals surface area (Å²) in [5, 5.41) is 0. The van der Waals surface area contributed by atoms with Gasteiger partial charge in [0.25, 0.3) is 0 Å². The highest BCUT2D eigenvalue weighted by Gasteiger charge is 2.44. The Hall–Kier alpha value is -1.06. The van der Waals surface area contributed by atoms with Crippen LogP contribution in [0.4, 0.5) is 0 Å². The van der Waals surface area contributed by atoms with E-state index >= 15 is 0 Å². The fourth-order valence-corrected chi connectivity index (χ4v) is 2.90. The van der Waals surface area contributed by atoms with Crippen LogP contribution >= 0.6 is 15.9 Å². The molecule has 1 aromatic heterocycles. The van der Waals surface area contributed by atoms with E-state index in [2.05, 4.69) is 40.2 Å². The molecule has 0 saturated heterocycles. The van der Waals surface area contributed by atoms with Gasteiger partial charge < -0.3 is 10.2 Å². The minimum Gasteiger partial charge on any atom is -0.466 e. The van der Waals surface area contributed by atoms with Crippen LogP contribution < -0.4 is 5.73 Å². The predicted molar refractivity (Wildman–Crippen MR) is 70.6 cm³/mol. The van der Waals surface area contributed by atoms with Crippen molar-refractivity contribution in [2.45, 2.75) is 18.4 Å². The maximum Gasteiger partial charge on any atom is 0.134 e. The predicted octanol–water partition coefficient (Wildman–Crippen LogP) is 3.85. The van der Waals surface area contributed by atoms with Crippen LogP contribution in [0.5, 0.6) is 0 Å². The third-order valence-electron chi connectivity index (χ3n) is 3.48. The van der Waals surface area contributed by atoms with Gasteiger partial charge in [-0.25, -0.2) is 0 Å². The molecular formula is C14H14BrNO. The van der Waals surface area contributed by atoms with Gasteiger partial charge in [-0.15, -0.1) is 0 Å². The number of hydrogen-bond acceptors (Lipinski definition) is 2. The lowest BCUT2D eigenvalue weighted by Gasteiger charge is -2.09. The van der Waals surface area contributed by atoms with Crippen LogP contribution in [0.25, 0.3) is 0 Å². The maximum absolute atomic E-state index is 6.25. The Morgan fingerprint density at radius 2 is 2.00 bits per heavy atom. The molecule has 1 fully saturated rings. The zero-order chi connectivity index (χ0) is 11.8. The quantitative estimate of drug-likeness (QED) is 0.933. The van der Waals surface area contributed by atoms with Crippen LogP contribution in [0, 0.1) is 5.92 Å². The normalized spacial score (nSPS) is 24.6. The van der Waals surface area contributed by atoms with E-state index in [1.165, 1.54) is 5.56 Å². The van der Waals surface area contributed by atoms with E-state index in [0.29, 0.717) is 11.8 Å². The van der Waals surface area contributed by atoms with Gasteiger partial charge in [-0.1, -0.05) is 30.3 Å². The van der Waals surface area contributed by atoms with Crippen LogP contribution in [0.1, 0.15) is 29.7 Å². The molecule has 2 nitrogen and oxygen atoms in total. The van der Waals surface area contributed by atoms with Gasteiger partial charge in [-0.2, -0.15) is 0 Å². The summed E-state index contributed by atoms with van der Waals surface area (Å²) in [4.78, 5) is 0. The van der Waals surface area contributed by atoms with E-state index in [-0.39, 0.29) is 6.04 Å². The van der Waals surface area contributed by atoms with Gasteiger partial charge in [0.15, 0.2) is 0 Å². The van der Waals surface area contributed by atoms with Crippen molar-refractivity contribution >= 4 is 15.9 Å². The van der Waals surface area contributed by atoms with E-state index < -0.39 is 0 Å². The standard InChI is InChI=1S/C14H14BrNO/c15-12-6-7-17-14(12)13(16)11-8-10(11)9-4-2-1-3-5-9/h1-7,10-11,13H,8,16H2. The Labute approximate surface area is 109 Å². The van der Waals surface area contributed by atoms with E-state index in [0.717, 1.165) is 16.7 Å². The average molecular weight is 292 g/mol. The second-order valence-electron chi connectivity index (χ2n) is 4.58. The fourth-order valence-electron chi connectivity index (χ4n) is 2.43. The maximum atomic E-state index is 6.25.